The Morgan fingerprint density at radius 1 is 1.18 bits per heavy atom. The monoisotopic (exact) mass is 468 g/mol. The van der Waals surface area contributed by atoms with Gasteiger partial charge in [0.2, 0.25) is 5.92 Å². The molecule has 1 atom stereocenters. The first-order valence-electron chi connectivity index (χ1n) is 12.1. The summed E-state index contributed by atoms with van der Waals surface area (Å²) >= 11 is 0. The van der Waals surface area contributed by atoms with E-state index >= 15 is 0 Å². The van der Waals surface area contributed by atoms with E-state index in [1.54, 1.807) is 21.0 Å². The molecule has 3 aromatic rings. The number of nitrogens with one attached hydrogen (secondary N) is 1. The van der Waals surface area contributed by atoms with Crippen molar-refractivity contribution >= 4 is 10.9 Å². The standard InChI is InChI=1S/C28H34F2N2O2/c1-18-13-24(34-4)22(21-9-11-31-25(18)21)15-32-12-10-27(16-28(29,30)17-27)14-23(32)19-5-7-20(8-6-19)26(2,3)33/h5-9,11,13,23,31,33H,10,12,14-17H2,1-4H3/t23-/m1/s1. The van der Waals surface area contributed by atoms with E-state index in [9.17, 15) is 13.9 Å². The molecule has 1 aliphatic heterocycles. The molecule has 182 valence electrons. The Morgan fingerprint density at radius 2 is 1.88 bits per heavy atom. The number of methoxy groups -OCH3 is 1. The largest absolute Gasteiger partial charge is 0.496 e. The number of aromatic nitrogens is 1. The van der Waals surface area contributed by atoms with Crippen molar-refractivity contribution in [1.82, 2.24) is 9.88 Å². The van der Waals surface area contributed by atoms with Crippen LogP contribution in [0.15, 0.2) is 42.6 Å². The highest BCUT2D eigenvalue weighted by atomic mass is 19.3. The number of aliphatic hydroxyl groups is 1. The molecule has 6 heteroatoms. The maximum absolute atomic E-state index is 13.9. The molecule has 34 heavy (non-hydrogen) atoms. The number of halogens is 2. The number of likely N-dealkylation sites (tertiary alicyclic amines) is 1. The van der Waals surface area contributed by atoms with Crippen molar-refractivity contribution in [3.8, 4) is 5.75 Å². The van der Waals surface area contributed by atoms with Crippen LogP contribution in [0.3, 0.4) is 0 Å². The van der Waals surface area contributed by atoms with Gasteiger partial charge in [-0.2, -0.15) is 0 Å². The first kappa shape index (κ1) is 23.3. The fraction of sp³-hybridized carbons (Fsp3) is 0.500. The first-order chi connectivity index (χ1) is 16.0. The smallest absolute Gasteiger partial charge is 0.249 e. The number of alkyl halides is 2. The highest BCUT2D eigenvalue weighted by Crippen LogP contribution is 2.60. The number of benzene rings is 2. The molecule has 2 heterocycles. The third-order valence-electron chi connectivity index (χ3n) is 7.96. The van der Waals surface area contributed by atoms with Crippen LogP contribution in [-0.2, 0) is 12.1 Å². The normalized spacial score (nSPS) is 22.1. The van der Waals surface area contributed by atoms with Gasteiger partial charge in [0.15, 0.2) is 0 Å². The lowest BCUT2D eigenvalue weighted by Crippen LogP contribution is -2.53. The van der Waals surface area contributed by atoms with Crippen LogP contribution in [0.2, 0.25) is 0 Å². The average Bonchev–Trinajstić information content (AvgIpc) is 3.25. The van der Waals surface area contributed by atoms with Crippen molar-refractivity contribution in [3.05, 3.63) is 64.8 Å². The molecular formula is C28H34F2N2O2. The Hall–Kier alpha value is -2.44. The SMILES string of the molecule is COc1cc(C)c2[nH]ccc2c1CN1CCC2(C[C@@H]1c1ccc(C(C)(C)O)cc1)CC(F)(F)C2. The van der Waals surface area contributed by atoms with Crippen LogP contribution in [0.1, 0.15) is 67.8 Å². The van der Waals surface area contributed by atoms with E-state index in [4.69, 9.17) is 4.74 Å². The zero-order valence-electron chi connectivity index (χ0n) is 20.4. The van der Waals surface area contributed by atoms with E-state index in [0.717, 1.165) is 58.3 Å². The summed E-state index contributed by atoms with van der Waals surface area (Å²) < 4.78 is 33.7. The average molecular weight is 469 g/mol. The highest BCUT2D eigenvalue weighted by Gasteiger charge is 2.58. The number of rotatable bonds is 5. The predicted octanol–water partition coefficient (Wildman–Crippen LogP) is 6.46. The zero-order chi connectivity index (χ0) is 24.3. The van der Waals surface area contributed by atoms with Crippen LogP contribution in [-0.4, -0.2) is 34.6 Å². The number of hydrogen-bond acceptors (Lipinski definition) is 3. The molecule has 2 N–H and O–H groups in total. The molecular weight excluding hydrogens is 434 g/mol. The third kappa shape index (κ3) is 4.11. The molecule has 1 saturated heterocycles. The molecule has 0 bridgehead atoms. The summed E-state index contributed by atoms with van der Waals surface area (Å²) in [4.78, 5) is 5.76. The molecule has 1 spiro atoms. The van der Waals surface area contributed by atoms with Gasteiger partial charge >= 0.3 is 0 Å². The number of piperidine rings is 1. The van der Waals surface area contributed by atoms with Gasteiger partial charge < -0.3 is 14.8 Å². The number of hydrogen-bond donors (Lipinski definition) is 2. The van der Waals surface area contributed by atoms with Crippen molar-refractivity contribution in [3.63, 3.8) is 0 Å². The summed E-state index contributed by atoms with van der Waals surface area (Å²) in [5.41, 5.74) is 4.11. The second kappa shape index (κ2) is 8.06. The second-order valence-corrected chi connectivity index (χ2v) is 11.0. The van der Waals surface area contributed by atoms with Gasteiger partial charge in [0.1, 0.15) is 5.75 Å². The zero-order valence-corrected chi connectivity index (χ0v) is 20.4. The van der Waals surface area contributed by atoms with Gasteiger partial charge in [0.25, 0.3) is 0 Å². The van der Waals surface area contributed by atoms with Gasteiger partial charge in [-0.05, 0) is 74.4 Å². The van der Waals surface area contributed by atoms with Crippen molar-refractivity contribution in [1.29, 1.82) is 0 Å². The molecule has 0 amide bonds. The minimum Gasteiger partial charge on any atom is -0.496 e. The van der Waals surface area contributed by atoms with E-state index in [2.05, 4.69) is 41.1 Å². The number of H-pyrrole nitrogens is 1. The summed E-state index contributed by atoms with van der Waals surface area (Å²) in [7, 11) is 1.70. The Labute approximate surface area is 199 Å². The van der Waals surface area contributed by atoms with Gasteiger partial charge in [-0.1, -0.05) is 24.3 Å². The lowest BCUT2D eigenvalue weighted by Gasteiger charge is -2.54. The molecule has 2 aromatic carbocycles. The third-order valence-corrected chi connectivity index (χ3v) is 7.96. The maximum Gasteiger partial charge on any atom is 0.249 e. The van der Waals surface area contributed by atoms with E-state index in [0.29, 0.717) is 6.54 Å². The number of fused-ring (bicyclic) bond motifs is 1. The molecule has 2 aliphatic rings. The summed E-state index contributed by atoms with van der Waals surface area (Å²) in [6.07, 6.45) is 3.43. The number of nitrogens with zero attached hydrogens (tertiary/aromatic N) is 1. The van der Waals surface area contributed by atoms with Crippen molar-refractivity contribution in [2.24, 2.45) is 5.41 Å². The van der Waals surface area contributed by atoms with Gasteiger partial charge in [-0.3, -0.25) is 4.90 Å². The molecule has 4 nitrogen and oxygen atoms in total. The summed E-state index contributed by atoms with van der Waals surface area (Å²) in [5, 5.41) is 11.5. The number of aromatic amines is 1. The quantitative estimate of drug-likeness (QED) is 0.451. The summed E-state index contributed by atoms with van der Waals surface area (Å²) in [6.45, 7) is 7.05. The lowest BCUT2D eigenvalue weighted by molar-refractivity contribution is -0.186. The van der Waals surface area contributed by atoms with Crippen LogP contribution >= 0.6 is 0 Å². The molecule has 0 radical (unpaired) electrons. The van der Waals surface area contributed by atoms with E-state index in [1.165, 1.54) is 0 Å². The molecule has 1 aromatic heterocycles. The highest BCUT2D eigenvalue weighted by molar-refractivity contribution is 5.88. The van der Waals surface area contributed by atoms with Crippen molar-refractivity contribution in [2.75, 3.05) is 13.7 Å². The van der Waals surface area contributed by atoms with Crippen LogP contribution in [0.25, 0.3) is 10.9 Å². The topological polar surface area (TPSA) is 48.5 Å². The molecule has 5 rings (SSSR count). The first-order valence-corrected chi connectivity index (χ1v) is 12.1. The fourth-order valence-electron chi connectivity index (χ4n) is 6.16. The fourth-order valence-corrected chi connectivity index (χ4v) is 6.16. The molecule has 1 aliphatic carbocycles. The van der Waals surface area contributed by atoms with Crippen molar-refractivity contribution < 1.29 is 18.6 Å². The maximum atomic E-state index is 13.9. The van der Waals surface area contributed by atoms with E-state index < -0.39 is 11.5 Å². The minimum atomic E-state index is -2.53. The molecule has 1 saturated carbocycles. The second-order valence-electron chi connectivity index (χ2n) is 11.0. The van der Waals surface area contributed by atoms with Crippen LogP contribution in [0.4, 0.5) is 8.78 Å². The Kier molecular flexibility index (Phi) is 5.53. The molecule has 0 unspecified atom stereocenters. The number of ether oxygens (including phenoxy) is 1. The summed E-state index contributed by atoms with van der Waals surface area (Å²) in [5.74, 6) is -1.68. The molecule has 2 fully saturated rings. The predicted molar refractivity (Wildman–Crippen MR) is 130 cm³/mol. The van der Waals surface area contributed by atoms with Gasteiger partial charge in [-0.25, -0.2) is 8.78 Å². The van der Waals surface area contributed by atoms with Crippen LogP contribution < -0.4 is 4.74 Å². The van der Waals surface area contributed by atoms with Gasteiger partial charge in [0.05, 0.1) is 12.7 Å². The van der Waals surface area contributed by atoms with E-state index in [-0.39, 0.29) is 24.3 Å². The number of aryl methyl sites for hydroxylation is 1. The van der Waals surface area contributed by atoms with Crippen molar-refractivity contribution in [2.45, 2.75) is 70.6 Å². The summed E-state index contributed by atoms with van der Waals surface area (Å²) in [6, 6.07) is 12.2. The lowest BCUT2D eigenvalue weighted by atomic mass is 9.59. The van der Waals surface area contributed by atoms with Gasteiger partial charge in [-0.15, -0.1) is 0 Å². The van der Waals surface area contributed by atoms with Gasteiger partial charge in [0, 0.05) is 48.1 Å². The van der Waals surface area contributed by atoms with Crippen LogP contribution in [0, 0.1) is 12.3 Å². The van der Waals surface area contributed by atoms with E-state index in [1.807, 2.05) is 18.3 Å². The minimum absolute atomic E-state index is 0.0119. The Morgan fingerprint density at radius 3 is 2.50 bits per heavy atom. The Balaban J connectivity index is 1.50. The van der Waals surface area contributed by atoms with Crippen LogP contribution in [0.5, 0.6) is 5.75 Å². The Bertz CT molecular complexity index is 1190.